The molecule has 2 aromatic rings. The van der Waals surface area contributed by atoms with E-state index < -0.39 is 24.9 Å². The number of aliphatic hydroxyl groups excluding tert-OH is 2. The fourth-order valence-electron chi connectivity index (χ4n) is 2.29. The fourth-order valence-corrected chi connectivity index (χ4v) is 2.29. The Morgan fingerprint density at radius 1 is 1.12 bits per heavy atom. The predicted molar refractivity (Wildman–Crippen MR) is 88.2 cm³/mol. The summed E-state index contributed by atoms with van der Waals surface area (Å²) in [6.07, 6.45) is 0.912. The molecule has 0 atom stereocenters. The van der Waals surface area contributed by atoms with Crippen LogP contribution >= 0.6 is 0 Å². The summed E-state index contributed by atoms with van der Waals surface area (Å²) in [4.78, 5) is 12.0. The van der Waals surface area contributed by atoms with Crippen LogP contribution in [-0.4, -0.2) is 22.7 Å². The molecule has 0 aromatic heterocycles. The van der Waals surface area contributed by atoms with Gasteiger partial charge in [0.15, 0.2) is 6.61 Å². The van der Waals surface area contributed by atoms with Crippen LogP contribution in [0, 0.1) is 5.82 Å². The first-order valence-corrected chi connectivity index (χ1v) is 7.62. The van der Waals surface area contributed by atoms with Gasteiger partial charge in [0.05, 0.1) is 13.2 Å². The van der Waals surface area contributed by atoms with Crippen molar-refractivity contribution in [1.82, 2.24) is 0 Å². The predicted octanol–water partition coefficient (Wildman–Crippen LogP) is 2.39. The highest BCUT2D eigenvalue weighted by molar-refractivity contribution is 5.91. The SMILES string of the molecule is CCc1ccc(NC(=O)COc2c(CO)cc(F)cc2CO)cc1. The summed E-state index contributed by atoms with van der Waals surface area (Å²) in [5.41, 5.74) is 2.17. The van der Waals surface area contributed by atoms with Crippen LogP contribution in [0.2, 0.25) is 0 Å². The van der Waals surface area contributed by atoms with Crippen LogP contribution in [0.25, 0.3) is 0 Å². The first kappa shape index (κ1) is 17.9. The van der Waals surface area contributed by atoms with Crippen LogP contribution in [0.4, 0.5) is 10.1 Å². The lowest BCUT2D eigenvalue weighted by Crippen LogP contribution is -2.21. The minimum absolute atomic E-state index is 0.123. The lowest BCUT2D eigenvalue weighted by atomic mass is 10.1. The van der Waals surface area contributed by atoms with Crippen molar-refractivity contribution < 1.29 is 24.1 Å². The number of ether oxygens (including phenoxy) is 1. The van der Waals surface area contributed by atoms with Gasteiger partial charge < -0.3 is 20.3 Å². The molecule has 0 saturated heterocycles. The highest BCUT2D eigenvalue weighted by atomic mass is 19.1. The molecule has 0 fully saturated rings. The summed E-state index contributed by atoms with van der Waals surface area (Å²) in [7, 11) is 0. The number of halogens is 1. The molecule has 0 radical (unpaired) electrons. The highest BCUT2D eigenvalue weighted by Crippen LogP contribution is 2.26. The number of aliphatic hydroxyl groups is 2. The number of carbonyl (C=O) groups excluding carboxylic acids is 1. The minimum atomic E-state index is -0.587. The lowest BCUT2D eigenvalue weighted by Gasteiger charge is -2.14. The third kappa shape index (κ3) is 4.53. The zero-order valence-electron chi connectivity index (χ0n) is 13.4. The maximum atomic E-state index is 13.4. The number of carbonyl (C=O) groups is 1. The van der Waals surface area contributed by atoms with E-state index in [2.05, 4.69) is 5.32 Å². The van der Waals surface area contributed by atoms with E-state index in [9.17, 15) is 19.4 Å². The molecule has 2 aromatic carbocycles. The Hall–Kier alpha value is -2.44. The lowest BCUT2D eigenvalue weighted by molar-refractivity contribution is -0.118. The van der Waals surface area contributed by atoms with Gasteiger partial charge in [-0.05, 0) is 36.2 Å². The smallest absolute Gasteiger partial charge is 0.262 e. The monoisotopic (exact) mass is 333 g/mol. The summed E-state index contributed by atoms with van der Waals surface area (Å²) in [5, 5.41) is 21.3. The Kier molecular flexibility index (Phi) is 6.28. The summed E-state index contributed by atoms with van der Waals surface area (Å²) in [5.74, 6) is -0.856. The topological polar surface area (TPSA) is 78.8 Å². The van der Waals surface area contributed by atoms with E-state index in [1.54, 1.807) is 12.1 Å². The summed E-state index contributed by atoms with van der Waals surface area (Å²) in [6.45, 7) is 0.809. The average molecular weight is 333 g/mol. The zero-order valence-corrected chi connectivity index (χ0v) is 13.4. The Bertz CT molecular complexity index is 676. The van der Waals surface area contributed by atoms with Crippen molar-refractivity contribution in [2.75, 3.05) is 11.9 Å². The van der Waals surface area contributed by atoms with Gasteiger partial charge in [-0.1, -0.05) is 19.1 Å². The Morgan fingerprint density at radius 3 is 2.21 bits per heavy atom. The molecule has 6 heteroatoms. The number of aryl methyl sites for hydroxylation is 1. The number of amides is 1. The maximum Gasteiger partial charge on any atom is 0.262 e. The molecule has 0 aliphatic heterocycles. The molecule has 5 nitrogen and oxygen atoms in total. The summed E-state index contributed by atoms with van der Waals surface area (Å²) >= 11 is 0. The number of rotatable bonds is 7. The van der Waals surface area contributed by atoms with Crippen molar-refractivity contribution in [3.63, 3.8) is 0 Å². The van der Waals surface area contributed by atoms with Gasteiger partial charge in [0.25, 0.3) is 5.91 Å². The second kappa shape index (κ2) is 8.42. The molecule has 128 valence electrons. The Balaban J connectivity index is 2.03. The van der Waals surface area contributed by atoms with Crippen molar-refractivity contribution in [2.24, 2.45) is 0 Å². The van der Waals surface area contributed by atoms with Crippen LogP contribution in [0.5, 0.6) is 5.75 Å². The molecule has 24 heavy (non-hydrogen) atoms. The fraction of sp³-hybridized carbons (Fsp3) is 0.278. The van der Waals surface area contributed by atoms with Gasteiger partial charge in [0.1, 0.15) is 11.6 Å². The largest absolute Gasteiger partial charge is 0.483 e. The maximum absolute atomic E-state index is 13.4. The normalized spacial score (nSPS) is 10.5. The van der Waals surface area contributed by atoms with Gasteiger partial charge in [0, 0.05) is 16.8 Å². The molecule has 0 aliphatic rings. The molecule has 0 saturated carbocycles. The van der Waals surface area contributed by atoms with E-state index in [0.29, 0.717) is 5.69 Å². The molecule has 0 aliphatic carbocycles. The number of anilines is 1. The molecule has 2 rings (SSSR count). The third-order valence-corrected chi connectivity index (χ3v) is 3.54. The third-order valence-electron chi connectivity index (χ3n) is 3.54. The number of nitrogens with one attached hydrogen (secondary N) is 1. The molecule has 0 unspecified atom stereocenters. The molecular formula is C18H20FNO4. The Morgan fingerprint density at radius 2 is 1.71 bits per heavy atom. The molecule has 0 spiro atoms. The van der Waals surface area contributed by atoms with Crippen molar-refractivity contribution in [2.45, 2.75) is 26.6 Å². The van der Waals surface area contributed by atoms with Crippen molar-refractivity contribution in [1.29, 1.82) is 0 Å². The van der Waals surface area contributed by atoms with Crippen LogP contribution in [0.3, 0.4) is 0 Å². The van der Waals surface area contributed by atoms with E-state index >= 15 is 0 Å². The van der Waals surface area contributed by atoms with E-state index in [1.807, 2.05) is 19.1 Å². The van der Waals surface area contributed by atoms with Crippen molar-refractivity contribution in [3.8, 4) is 5.75 Å². The standard InChI is InChI=1S/C18H20FNO4/c1-2-12-3-5-16(6-4-12)20-17(23)11-24-18-13(9-21)7-15(19)8-14(18)10-22/h3-8,21-22H,2,9-11H2,1H3,(H,20,23). The number of hydrogen-bond acceptors (Lipinski definition) is 4. The molecule has 0 bridgehead atoms. The van der Waals surface area contributed by atoms with Crippen molar-refractivity contribution in [3.05, 3.63) is 58.9 Å². The first-order valence-electron chi connectivity index (χ1n) is 7.62. The number of benzene rings is 2. The molecule has 0 heterocycles. The van der Waals surface area contributed by atoms with Gasteiger partial charge in [-0.25, -0.2) is 4.39 Å². The van der Waals surface area contributed by atoms with E-state index in [0.717, 1.165) is 24.1 Å². The van der Waals surface area contributed by atoms with Crippen molar-refractivity contribution >= 4 is 11.6 Å². The van der Waals surface area contributed by atoms with Gasteiger partial charge in [0.2, 0.25) is 0 Å². The quantitative estimate of drug-likeness (QED) is 0.727. The van der Waals surface area contributed by atoms with Crippen LogP contribution in [-0.2, 0) is 24.4 Å². The van der Waals surface area contributed by atoms with E-state index in [1.165, 1.54) is 0 Å². The molecule has 1 amide bonds. The van der Waals surface area contributed by atoms with Gasteiger partial charge >= 0.3 is 0 Å². The second-order valence-electron chi connectivity index (χ2n) is 5.26. The van der Waals surface area contributed by atoms with E-state index in [4.69, 9.17) is 4.74 Å². The Labute approximate surface area is 139 Å². The van der Waals surface area contributed by atoms with Crippen LogP contribution < -0.4 is 10.1 Å². The summed E-state index contributed by atoms with van der Waals surface area (Å²) < 4.78 is 18.8. The second-order valence-corrected chi connectivity index (χ2v) is 5.26. The van der Waals surface area contributed by atoms with Gasteiger partial charge in [-0.15, -0.1) is 0 Å². The molecular weight excluding hydrogens is 313 g/mol. The minimum Gasteiger partial charge on any atom is -0.483 e. The number of hydrogen-bond donors (Lipinski definition) is 3. The van der Waals surface area contributed by atoms with Crippen LogP contribution in [0.1, 0.15) is 23.6 Å². The average Bonchev–Trinajstić information content (AvgIpc) is 2.60. The molecule has 3 N–H and O–H groups in total. The van der Waals surface area contributed by atoms with Gasteiger partial charge in [-0.2, -0.15) is 0 Å². The van der Waals surface area contributed by atoms with Crippen LogP contribution in [0.15, 0.2) is 36.4 Å². The van der Waals surface area contributed by atoms with E-state index in [-0.39, 0.29) is 23.5 Å². The summed E-state index contributed by atoms with van der Waals surface area (Å²) in [6, 6.07) is 9.65. The first-order chi connectivity index (χ1) is 11.6. The highest BCUT2D eigenvalue weighted by Gasteiger charge is 2.13. The van der Waals surface area contributed by atoms with Gasteiger partial charge in [-0.3, -0.25) is 4.79 Å². The zero-order chi connectivity index (χ0) is 17.5.